The van der Waals surface area contributed by atoms with E-state index < -0.39 is 0 Å². The molecule has 0 amide bonds. The summed E-state index contributed by atoms with van der Waals surface area (Å²) in [6.45, 7) is 8.76. The van der Waals surface area contributed by atoms with E-state index in [0.717, 1.165) is 19.0 Å². The number of furan rings is 1. The number of likely N-dealkylation sites (N-methyl/N-ethyl adjacent to an activating group) is 1. The molecule has 2 N–H and O–H groups in total. The predicted octanol–water partition coefficient (Wildman–Crippen LogP) is 3.65. The molecule has 0 radical (unpaired) electrons. The average molecular weight is 278 g/mol. The SMILES string of the molecule is CN(Cc1ccoc1)C1(CN)CCC(C(C)(C)C)CC1. The molecule has 1 saturated carbocycles. The van der Waals surface area contributed by atoms with Crippen LogP contribution in [0.2, 0.25) is 0 Å². The molecule has 0 aromatic carbocycles. The second kappa shape index (κ2) is 5.90. The topological polar surface area (TPSA) is 42.4 Å². The minimum atomic E-state index is 0.166. The van der Waals surface area contributed by atoms with Gasteiger partial charge in [-0.25, -0.2) is 0 Å². The van der Waals surface area contributed by atoms with Crippen LogP contribution in [-0.2, 0) is 6.54 Å². The van der Waals surface area contributed by atoms with Crippen molar-refractivity contribution in [2.45, 2.75) is 58.5 Å². The summed E-state index contributed by atoms with van der Waals surface area (Å²) in [7, 11) is 2.21. The van der Waals surface area contributed by atoms with Gasteiger partial charge in [0.1, 0.15) is 0 Å². The number of hydrogen-bond acceptors (Lipinski definition) is 3. The molecule has 0 aliphatic heterocycles. The maximum atomic E-state index is 6.16. The lowest BCUT2D eigenvalue weighted by molar-refractivity contribution is 0.0333. The number of hydrogen-bond donors (Lipinski definition) is 1. The molecule has 0 bridgehead atoms. The molecule has 0 atom stereocenters. The number of nitrogens with two attached hydrogens (primary N) is 1. The van der Waals surface area contributed by atoms with E-state index in [1.54, 1.807) is 6.26 Å². The van der Waals surface area contributed by atoms with Gasteiger partial charge >= 0.3 is 0 Å². The first kappa shape index (κ1) is 15.6. The van der Waals surface area contributed by atoms with Crippen molar-refractivity contribution in [1.82, 2.24) is 4.90 Å². The van der Waals surface area contributed by atoms with Crippen LogP contribution in [0.3, 0.4) is 0 Å². The van der Waals surface area contributed by atoms with E-state index in [0.29, 0.717) is 5.41 Å². The monoisotopic (exact) mass is 278 g/mol. The first-order valence-electron chi connectivity index (χ1n) is 7.80. The molecular formula is C17H30N2O. The van der Waals surface area contributed by atoms with Crippen molar-refractivity contribution in [2.24, 2.45) is 17.1 Å². The average Bonchev–Trinajstić information content (AvgIpc) is 2.90. The molecule has 2 rings (SSSR count). The quantitative estimate of drug-likeness (QED) is 0.914. The Morgan fingerprint density at radius 3 is 2.45 bits per heavy atom. The summed E-state index contributed by atoms with van der Waals surface area (Å²) in [5.41, 5.74) is 7.98. The van der Waals surface area contributed by atoms with Gasteiger partial charge in [0.2, 0.25) is 0 Å². The molecule has 1 fully saturated rings. The molecule has 3 nitrogen and oxygen atoms in total. The van der Waals surface area contributed by atoms with Gasteiger partial charge in [-0.2, -0.15) is 0 Å². The van der Waals surface area contributed by atoms with E-state index in [1.807, 2.05) is 12.3 Å². The first-order chi connectivity index (χ1) is 9.37. The van der Waals surface area contributed by atoms with Crippen LogP contribution in [-0.4, -0.2) is 24.0 Å². The Kier molecular flexibility index (Phi) is 4.60. The van der Waals surface area contributed by atoms with Crippen LogP contribution < -0.4 is 5.73 Å². The molecule has 114 valence electrons. The lowest BCUT2D eigenvalue weighted by Gasteiger charge is -2.48. The molecule has 0 unspecified atom stereocenters. The molecular weight excluding hydrogens is 248 g/mol. The summed E-state index contributed by atoms with van der Waals surface area (Å²) < 4.78 is 5.17. The van der Waals surface area contributed by atoms with Crippen LogP contribution in [0.1, 0.15) is 52.0 Å². The van der Waals surface area contributed by atoms with Gasteiger partial charge in [0, 0.05) is 24.2 Å². The van der Waals surface area contributed by atoms with Crippen molar-refractivity contribution < 1.29 is 4.42 Å². The molecule has 20 heavy (non-hydrogen) atoms. The highest BCUT2D eigenvalue weighted by atomic mass is 16.3. The molecule has 0 spiro atoms. The second-order valence-electron chi connectivity index (χ2n) is 7.56. The van der Waals surface area contributed by atoms with Gasteiger partial charge in [0.15, 0.2) is 0 Å². The number of rotatable bonds is 4. The summed E-state index contributed by atoms with van der Waals surface area (Å²) in [5.74, 6) is 0.824. The summed E-state index contributed by atoms with van der Waals surface area (Å²) in [4.78, 5) is 2.44. The molecule has 1 aliphatic rings. The zero-order valence-electron chi connectivity index (χ0n) is 13.5. The largest absolute Gasteiger partial charge is 0.472 e. The Hall–Kier alpha value is -0.800. The van der Waals surface area contributed by atoms with Crippen LogP contribution in [0.25, 0.3) is 0 Å². The van der Waals surface area contributed by atoms with Crippen LogP contribution in [0.15, 0.2) is 23.0 Å². The Labute approximate surface area is 123 Å². The lowest BCUT2D eigenvalue weighted by atomic mass is 9.67. The molecule has 1 aromatic heterocycles. The summed E-state index contributed by atoms with van der Waals surface area (Å²) in [5, 5.41) is 0. The maximum absolute atomic E-state index is 6.16. The molecule has 3 heteroatoms. The summed E-state index contributed by atoms with van der Waals surface area (Å²) in [6, 6.07) is 2.04. The third kappa shape index (κ3) is 3.26. The predicted molar refractivity (Wildman–Crippen MR) is 83.4 cm³/mol. The van der Waals surface area contributed by atoms with Crippen LogP contribution in [0.5, 0.6) is 0 Å². The Morgan fingerprint density at radius 1 is 1.35 bits per heavy atom. The standard InChI is InChI=1S/C17H30N2O/c1-16(2,3)15-5-8-17(13-18,9-6-15)19(4)11-14-7-10-20-12-14/h7,10,12,15H,5-6,8-9,11,13,18H2,1-4H3. The molecule has 1 aromatic rings. The molecule has 1 aliphatic carbocycles. The van der Waals surface area contributed by atoms with Crippen LogP contribution in [0, 0.1) is 11.3 Å². The van der Waals surface area contributed by atoms with Crippen molar-refractivity contribution in [1.29, 1.82) is 0 Å². The van der Waals surface area contributed by atoms with Crippen LogP contribution in [0.4, 0.5) is 0 Å². The Balaban J connectivity index is 2.01. The Morgan fingerprint density at radius 2 is 2.00 bits per heavy atom. The van der Waals surface area contributed by atoms with Crippen molar-refractivity contribution in [2.75, 3.05) is 13.6 Å². The third-order valence-electron chi connectivity index (χ3n) is 5.33. The fourth-order valence-corrected chi connectivity index (χ4v) is 3.59. The third-order valence-corrected chi connectivity index (χ3v) is 5.33. The fourth-order valence-electron chi connectivity index (χ4n) is 3.59. The van der Waals surface area contributed by atoms with Crippen LogP contribution >= 0.6 is 0 Å². The van der Waals surface area contributed by atoms with E-state index in [9.17, 15) is 0 Å². The van der Waals surface area contributed by atoms with Crippen molar-refractivity contribution in [3.05, 3.63) is 24.2 Å². The zero-order chi connectivity index (χ0) is 14.8. The molecule has 1 heterocycles. The smallest absolute Gasteiger partial charge is 0.0947 e. The van der Waals surface area contributed by atoms with E-state index in [2.05, 4.69) is 32.7 Å². The highest BCUT2D eigenvalue weighted by Crippen LogP contribution is 2.43. The number of nitrogens with zero attached hydrogens (tertiary/aromatic N) is 1. The van der Waals surface area contributed by atoms with Crippen molar-refractivity contribution in [3.8, 4) is 0 Å². The van der Waals surface area contributed by atoms with Gasteiger partial charge in [-0.15, -0.1) is 0 Å². The van der Waals surface area contributed by atoms with Gasteiger partial charge in [0.25, 0.3) is 0 Å². The van der Waals surface area contributed by atoms with E-state index in [1.165, 1.54) is 31.2 Å². The van der Waals surface area contributed by atoms with E-state index in [-0.39, 0.29) is 5.54 Å². The zero-order valence-corrected chi connectivity index (χ0v) is 13.5. The van der Waals surface area contributed by atoms with Gasteiger partial charge in [-0.3, -0.25) is 4.90 Å². The minimum Gasteiger partial charge on any atom is -0.472 e. The lowest BCUT2D eigenvalue weighted by Crippen LogP contribution is -2.54. The van der Waals surface area contributed by atoms with Gasteiger partial charge in [0.05, 0.1) is 12.5 Å². The minimum absolute atomic E-state index is 0.166. The fraction of sp³-hybridized carbons (Fsp3) is 0.765. The van der Waals surface area contributed by atoms with Gasteiger partial charge in [-0.1, -0.05) is 20.8 Å². The van der Waals surface area contributed by atoms with Crippen molar-refractivity contribution >= 4 is 0 Å². The van der Waals surface area contributed by atoms with E-state index >= 15 is 0 Å². The second-order valence-corrected chi connectivity index (χ2v) is 7.56. The summed E-state index contributed by atoms with van der Waals surface area (Å²) >= 11 is 0. The summed E-state index contributed by atoms with van der Waals surface area (Å²) in [6.07, 6.45) is 8.57. The van der Waals surface area contributed by atoms with E-state index in [4.69, 9.17) is 10.2 Å². The maximum Gasteiger partial charge on any atom is 0.0947 e. The van der Waals surface area contributed by atoms with Gasteiger partial charge < -0.3 is 10.2 Å². The Bertz CT molecular complexity index is 397. The highest BCUT2D eigenvalue weighted by molar-refractivity contribution is 5.07. The molecule has 0 saturated heterocycles. The first-order valence-corrected chi connectivity index (χ1v) is 7.80. The normalized spacial score (nSPS) is 28.0. The highest BCUT2D eigenvalue weighted by Gasteiger charge is 2.40. The van der Waals surface area contributed by atoms with Crippen molar-refractivity contribution in [3.63, 3.8) is 0 Å². The van der Waals surface area contributed by atoms with Gasteiger partial charge in [-0.05, 0) is 50.1 Å².